The maximum absolute atomic E-state index is 12.7. The molecule has 0 saturated carbocycles. The third-order valence-corrected chi connectivity index (χ3v) is 6.87. The first-order chi connectivity index (χ1) is 15.6. The van der Waals surface area contributed by atoms with E-state index in [1.54, 1.807) is 0 Å². The SMILES string of the molecule is Cc1ccc(N2CCN(CCCC(=O)N3CCC(Nc4cccc(C)c4)CC3)CC2)cc1. The summed E-state index contributed by atoms with van der Waals surface area (Å²) in [7, 11) is 0. The lowest BCUT2D eigenvalue weighted by atomic mass is 10.0. The summed E-state index contributed by atoms with van der Waals surface area (Å²) in [6, 6.07) is 17.8. The molecular formula is C27H38N4O. The first-order valence-electron chi connectivity index (χ1n) is 12.2. The molecule has 5 heteroatoms. The van der Waals surface area contributed by atoms with Crippen molar-refractivity contribution in [3.05, 3.63) is 59.7 Å². The van der Waals surface area contributed by atoms with Crippen LogP contribution < -0.4 is 10.2 Å². The minimum atomic E-state index is 0.331. The second kappa shape index (κ2) is 10.9. The Bertz CT molecular complexity index is 865. The van der Waals surface area contributed by atoms with E-state index in [0.717, 1.165) is 65.1 Å². The van der Waals surface area contributed by atoms with E-state index in [4.69, 9.17) is 0 Å². The molecule has 2 aliphatic heterocycles. The van der Waals surface area contributed by atoms with Crippen molar-refractivity contribution >= 4 is 17.3 Å². The minimum absolute atomic E-state index is 0.331. The normalized spacial score (nSPS) is 18.1. The van der Waals surface area contributed by atoms with Crippen LogP contribution in [-0.4, -0.2) is 67.6 Å². The number of piperazine rings is 1. The first-order valence-corrected chi connectivity index (χ1v) is 12.2. The zero-order chi connectivity index (χ0) is 22.3. The van der Waals surface area contributed by atoms with Gasteiger partial charge in [0.05, 0.1) is 0 Å². The second-order valence-electron chi connectivity index (χ2n) is 9.44. The molecule has 2 aliphatic rings. The molecule has 0 unspecified atom stereocenters. The monoisotopic (exact) mass is 434 g/mol. The number of likely N-dealkylation sites (tertiary alicyclic amines) is 1. The van der Waals surface area contributed by atoms with Gasteiger partial charge in [-0.25, -0.2) is 0 Å². The molecule has 0 radical (unpaired) electrons. The van der Waals surface area contributed by atoms with Gasteiger partial charge in [-0.15, -0.1) is 0 Å². The Morgan fingerprint density at radius 1 is 0.906 bits per heavy atom. The third-order valence-electron chi connectivity index (χ3n) is 6.87. The Labute approximate surface area is 193 Å². The summed E-state index contributed by atoms with van der Waals surface area (Å²) in [5.74, 6) is 0.331. The highest BCUT2D eigenvalue weighted by atomic mass is 16.2. The third kappa shape index (κ3) is 6.26. The van der Waals surface area contributed by atoms with Crippen LogP contribution in [-0.2, 0) is 4.79 Å². The van der Waals surface area contributed by atoms with E-state index in [1.165, 1.54) is 22.5 Å². The quantitative estimate of drug-likeness (QED) is 0.705. The summed E-state index contributed by atoms with van der Waals surface area (Å²) in [6.45, 7) is 11.3. The fraction of sp³-hybridized carbons (Fsp3) is 0.519. The molecule has 2 aromatic rings. The fourth-order valence-electron chi connectivity index (χ4n) is 4.84. The molecule has 1 amide bonds. The number of rotatable bonds is 7. The summed E-state index contributed by atoms with van der Waals surface area (Å²) in [5, 5.41) is 3.64. The van der Waals surface area contributed by atoms with Gasteiger partial charge < -0.3 is 15.1 Å². The number of aryl methyl sites for hydroxylation is 2. The lowest BCUT2D eigenvalue weighted by molar-refractivity contribution is -0.132. The number of amides is 1. The standard InChI is InChI=1S/C27H38N4O/c1-22-8-10-26(11-9-22)30-19-17-29(18-20-30)14-4-7-27(32)31-15-12-24(13-16-31)28-25-6-3-5-23(2)21-25/h3,5-6,8-11,21,24,28H,4,7,12-20H2,1-2H3. The summed E-state index contributed by atoms with van der Waals surface area (Å²) in [5.41, 5.74) is 5.10. The predicted octanol–water partition coefficient (Wildman–Crippen LogP) is 4.31. The van der Waals surface area contributed by atoms with Crippen LogP contribution in [0.25, 0.3) is 0 Å². The average molecular weight is 435 g/mol. The second-order valence-corrected chi connectivity index (χ2v) is 9.44. The Hall–Kier alpha value is -2.53. The zero-order valence-electron chi connectivity index (χ0n) is 19.7. The highest BCUT2D eigenvalue weighted by molar-refractivity contribution is 5.76. The van der Waals surface area contributed by atoms with Gasteiger partial charge in [0.15, 0.2) is 0 Å². The number of hydrogen-bond donors (Lipinski definition) is 1. The van der Waals surface area contributed by atoms with E-state index in [0.29, 0.717) is 18.4 Å². The van der Waals surface area contributed by atoms with Crippen LogP contribution >= 0.6 is 0 Å². The van der Waals surface area contributed by atoms with E-state index in [2.05, 4.69) is 82.4 Å². The maximum Gasteiger partial charge on any atom is 0.222 e. The molecule has 0 bridgehead atoms. The molecule has 0 spiro atoms. The molecule has 0 aromatic heterocycles. The molecule has 5 nitrogen and oxygen atoms in total. The van der Waals surface area contributed by atoms with E-state index in [-0.39, 0.29) is 0 Å². The Morgan fingerprint density at radius 3 is 2.31 bits per heavy atom. The zero-order valence-corrected chi connectivity index (χ0v) is 19.7. The minimum Gasteiger partial charge on any atom is -0.382 e. The number of carbonyl (C=O) groups excluding carboxylic acids is 1. The number of hydrogen-bond acceptors (Lipinski definition) is 4. The summed E-state index contributed by atoms with van der Waals surface area (Å²) >= 11 is 0. The summed E-state index contributed by atoms with van der Waals surface area (Å²) in [4.78, 5) is 19.7. The summed E-state index contributed by atoms with van der Waals surface area (Å²) in [6.07, 6.45) is 3.69. The Kier molecular flexibility index (Phi) is 7.69. The van der Waals surface area contributed by atoms with Crippen molar-refractivity contribution in [2.45, 2.75) is 45.6 Å². The maximum atomic E-state index is 12.7. The number of nitrogens with zero attached hydrogens (tertiary/aromatic N) is 3. The molecule has 1 N–H and O–H groups in total. The van der Waals surface area contributed by atoms with Crippen LogP contribution in [0.4, 0.5) is 11.4 Å². The number of piperidine rings is 1. The van der Waals surface area contributed by atoms with Gasteiger partial charge in [0.2, 0.25) is 5.91 Å². The molecule has 32 heavy (non-hydrogen) atoms. The highest BCUT2D eigenvalue weighted by Crippen LogP contribution is 2.19. The van der Waals surface area contributed by atoms with Gasteiger partial charge in [-0.3, -0.25) is 9.69 Å². The van der Waals surface area contributed by atoms with Crippen molar-refractivity contribution in [1.82, 2.24) is 9.80 Å². The van der Waals surface area contributed by atoms with Crippen molar-refractivity contribution in [2.24, 2.45) is 0 Å². The van der Waals surface area contributed by atoms with Crippen molar-refractivity contribution in [3.63, 3.8) is 0 Å². The lowest BCUT2D eigenvalue weighted by Crippen LogP contribution is -2.47. The number of benzene rings is 2. The highest BCUT2D eigenvalue weighted by Gasteiger charge is 2.23. The molecule has 172 valence electrons. The largest absolute Gasteiger partial charge is 0.382 e. The molecule has 4 rings (SSSR count). The number of anilines is 2. The van der Waals surface area contributed by atoms with Gasteiger partial charge in [0.25, 0.3) is 0 Å². The lowest BCUT2D eigenvalue weighted by Gasteiger charge is -2.36. The van der Waals surface area contributed by atoms with Gasteiger partial charge in [-0.05, 0) is 69.5 Å². The topological polar surface area (TPSA) is 38.8 Å². The van der Waals surface area contributed by atoms with Crippen molar-refractivity contribution in [2.75, 3.05) is 56.0 Å². The fourth-order valence-corrected chi connectivity index (χ4v) is 4.84. The van der Waals surface area contributed by atoms with Gasteiger partial charge >= 0.3 is 0 Å². The Balaban J connectivity index is 1.11. The van der Waals surface area contributed by atoms with Crippen LogP contribution in [0.5, 0.6) is 0 Å². The van der Waals surface area contributed by atoms with Crippen LogP contribution in [0.15, 0.2) is 48.5 Å². The first kappa shape index (κ1) is 22.7. The molecule has 2 saturated heterocycles. The van der Waals surface area contributed by atoms with E-state index in [1.807, 2.05) is 0 Å². The van der Waals surface area contributed by atoms with Crippen LogP contribution in [0.1, 0.15) is 36.8 Å². The van der Waals surface area contributed by atoms with Crippen LogP contribution in [0.2, 0.25) is 0 Å². The van der Waals surface area contributed by atoms with Gasteiger partial charge in [-0.2, -0.15) is 0 Å². The Morgan fingerprint density at radius 2 is 1.62 bits per heavy atom. The molecule has 2 fully saturated rings. The van der Waals surface area contributed by atoms with Gasteiger partial charge in [-0.1, -0.05) is 29.8 Å². The summed E-state index contributed by atoms with van der Waals surface area (Å²) < 4.78 is 0. The number of carbonyl (C=O) groups is 1. The molecule has 2 heterocycles. The van der Waals surface area contributed by atoms with Crippen LogP contribution in [0.3, 0.4) is 0 Å². The van der Waals surface area contributed by atoms with Crippen molar-refractivity contribution in [1.29, 1.82) is 0 Å². The van der Waals surface area contributed by atoms with Gasteiger partial charge in [0, 0.05) is 63.1 Å². The van der Waals surface area contributed by atoms with Crippen LogP contribution in [0, 0.1) is 13.8 Å². The van der Waals surface area contributed by atoms with E-state index < -0.39 is 0 Å². The molecule has 2 aromatic carbocycles. The molecular weight excluding hydrogens is 396 g/mol. The number of nitrogens with one attached hydrogen (secondary N) is 1. The van der Waals surface area contributed by atoms with Crippen molar-refractivity contribution in [3.8, 4) is 0 Å². The average Bonchev–Trinajstić information content (AvgIpc) is 2.81. The molecule has 0 atom stereocenters. The van der Waals surface area contributed by atoms with Crippen molar-refractivity contribution < 1.29 is 4.79 Å². The molecule has 0 aliphatic carbocycles. The smallest absolute Gasteiger partial charge is 0.222 e. The predicted molar refractivity (Wildman–Crippen MR) is 133 cm³/mol. The van der Waals surface area contributed by atoms with Gasteiger partial charge in [0.1, 0.15) is 0 Å². The van der Waals surface area contributed by atoms with E-state index in [9.17, 15) is 4.79 Å². The van der Waals surface area contributed by atoms with E-state index >= 15 is 0 Å².